The van der Waals surface area contributed by atoms with Gasteiger partial charge in [-0.2, -0.15) is 0 Å². The summed E-state index contributed by atoms with van der Waals surface area (Å²) >= 11 is 0. The number of carboxylic acid groups (broad SMARTS) is 1. The van der Waals surface area contributed by atoms with Crippen molar-refractivity contribution in [1.29, 1.82) is 0 Å². The van der Waals surface area contributed by atoms with Gasteiger partial charge in [-0.25, -0.2) is 0 Å². The Hall–Kier alpha value is -0.680. The highest BCUT2D eigenvalue weighted by atomic mass is 32.2. The minimum Gasteiger partial charge on any atom is -0.480 e. The zero-order chi connectivity index (χ0) is 9.56. The summed E-state index contributed by atoms with van der Waals surface area (Å²) in [5.41, 5.74) is 5.16. The minimum absolute atomic E-state index is 0.0220. The van der Waals surface area contributed by atoms with Crippen molar-refractivity contribution in [2.24, 2.45) is 5.73 Å². The number of rotatable bonds is 5. The van der Waals surface area contributed by atoms with Gasteiger partial charge >= 0.3 is 5.97 Å². The van der Waals surface area contributed by atoms with Crippen LogP contribution in [0.2, 0.25) is 0 Å². The second kappa shape index (κ2) is 5.91. The third kappa shape index (κ3) is 5.03. The predicted octanol–water partition coefficient (Wildman–Crippen LogP) is 0.0707. The first-order valence-corrected chi connectivity index (χ1v) is 4.98. The standard InChI is InChI=1S/C7H13NO3S/c1-2-3-4-12(11)5-6(8)7(9)10/h3-4,6H,2,5,8H2,1H3,(H,9,10)/b4-3+/t6-,12-/m0/s1. The molecular formula is C7H13NO3S. The van der Waals surface area contributed by atoms with Crippen molar-refractivity contribution in [2.75, 3.05) is 5.75 Å². The van der Waals surface area contributed by atoms with Gasteiger partial charge in [-0.05, 0) is 11.8 Å². The highest BCUT2D eigenvalue weighted by Gasteiger charge is 2.13. The second-order valence-corrected chi connectivity index (χ2v) is 3.64. The van der Waals surface area contributed by atoms with E-state index in [9.17, 15) is 9.00 Å². The van der Waals surface area contributed by atoms with Crippen LogP contribution in [0.1, 0.15) is 13.3 Å². The monoisotopic (exact) mass is 191 g/mol. The molecule has 0 saturated carbocycles. The summed E-state index contributed by atoms with van der Waals surface area (Å²) in [4.78, 5) is 10.2. The van der Waals surface area contributed by atoms with E-state index in [0.29, 0.717) is 0 Å². The van der Waals surface area contributed by atoms with E-state index in [4.69, 9.17) is 10.8 Å². The summed E-state index contributed by atoms with van der Waals surface area (Å²) in [5, 5.41) is 9.85. The maximum Gasteiger partial charge on any atom is 0.321 e. The van der Waals surface area contributed by atoms with Crippen LogP contribution in [0.3, 0.4) is 0 Å². The molecule has 0 aromatic heterocycles. The van der Waals surface area contributed by atoms with Crippen molar-refractivity contribution in [3.63, 3.8) is 0 Å². The number of carbonyl (C=O) groups is 1. The Morgan fingerprint density at radius 1 is 1.75 bits per heavy atom. The largest absolute Gasteiger partial charge is 0.480 e. The third-order valence-corrected chi connectivity index (χ3v) is 2.33. The molecule has 0 aliphatic heterocycles. The fourth-order valence-corrected chi connectivity index (χ4v) is 1.52. The third-order valence-electron chi connectivity index (χ3n) is 1.14. The average molecular weight is 191 g/mol. The fourth-order valence-electron chi connectivity index (χ4n) is 0.507. The lowest BCUT2D eigenvalue weighted by molar-refractivity contribution is -0.137. The Bertz CT molecular complexity index is 203. The predicted molar refractivity (Wildman–Crippen MR) is 48.1 cm³/mol. The molecule has 5 heteroatoms. The molecule has 0 saturated heterocycles. The van der Waals surface area contributed by atoms with Crippen LogP contribution in [0.25, 0.3) is 0 Å². The number of nitrogens with two attached hydrogens (primary N) is 1. The van der Waals surface area contributed by atoms with Crippen LogP contribution in [0.15, 0.2) is 11.5 Å². The highest BCUT2D eigenvalue weighted by Crippen LogP contribution is 1.91. The van der Waals surface area contributed by atoms with Gasteiger partial charge in [-0.15, -0.1) is 0 Å². The normalized spacial score (nSPS) is 16.2. The quantitative estimate of drug-likeness (QED) is 0.644. The SMILES string of the molecule is CC/C=C/[S@](=O)C[C@H](N)C(=O)O. The van der Waals surface area contributed by atoms with Gasteiger partial charge in [-0.1, -0.05) is 13.0 Å². The number of allylic oxidation sites excluding steroid dienone is 1. The average Bonchev–Trinajstić information content (AvgIpc) is 2.00. The molecule has 0 aliphatic carbocycles. The van der Waals surface area contributed by atoms with Crippen LogP contribution >= 0.6 is 0 Å². The molecule has 3 N–H and O–H groups in total. The van der Waals surface area contributed by atoms with Gasteiger partial charge in [-0.3, -0.25) is 9.00 Å². The van der Waals surface area contributed by atoms with Gasteiger partial charge in [0.2, 0.25) is 0 Å². The molecule has 0 bridgehead atoms. The van der Waals surface area contributed by atoms with Crippen LogP contribution in [0.5, 0.6) is 0 Å². The molecular weight excluding hydrogens is 178 g/mol. The van der Waals surface area contributed by atoms with Crippen molar-refractivity contribution in [2.45, 2.75) is 19.4 Å². The number of hydrogen-bond acceptors (Lipinski definition) is 3. The molecule has 0 amide bonds. The van der Waals surface area contributed by atoms with Gasteiger partial charge < -0.3 is 10.8 Å². The van der Waals surface area contributed by atoms with Gasteiger partial charge in [0.15, 0.2) is 0 Å². The van der Waals surface area contributed by atoms with Crippen molar-refractivity contribution in [3.8, 4) is 0 Å². The summed E-state index contributed by atoms with van der Waals surface area (Å²) < 4.78 is 11.0. The maximum atomic E-state index is 11.0. The summed E-state index contributed by atoms with van der Waals surface area (Å²) in [7, 11) is -1.26. The zero-order valence-corrected chi connectivity index (χ0v) is 7.71. The van der Waals surface area contributed by atoms with E-state index in [1.54, 1.807) is 6.08 Å². The number of hydrogen-bond donors (Lipinski definition) is 2. The molecule has 0 spiro atoms. The topological polar surface area (TPSA) is 80.4 Å². The lowest BCUT2D eigenvalue weighted by Gasteiger charge is -2.01. The van der Waals surface area contributed by atoms with E-state index >= 15 is 0 Å². The Balaban J connectivity index is 3.84. The first kappa shape index (κ1) is 11.3. The smallest absolute Gasteiger partial charge is 0.321 e. The Morgan fingerprint density at radius 2 is 2.33 bits per heavy atom. The van der Waals surface area contributed by atoms with Gasteiger partial charge in [0.25, 0.3) is 0 Å². The van der Waals surface area contributed by atoms with Gasteiger partial charge in [0.05, 0.1) is 5.75 Å². The van der Waals surface area contributed by atoms with E-state index in [1.807, 2.05) is 6.92 Å². The van der Waals surface area contributed by atoms with E-state index in [-0.39, 0.29) is 5.75 Å². The molecule has 0 aromatic carbocycles. The lowest BCUT2D eigenvalue weighted by Crippen LogP contribution is -2.35. The molecule has 0 aliphatic rings. The Morgan fingerprint density at radius 3 is 2.75 bits per heavy atom. The molecule has 4 nitrogen and oxygen atoms in total. The van der Waals surface area contributed by atoms with E-state index in [2.05, 4.69) is 0 Å². The molecule has 0 rings (SSSR count). The van der Waals surface area contributed by atoms with Crippen molar-refractivity contribution >= 4 is 16.8 Å². The molecule has 0 fully saturated rings. The molecule has 0 aromatic rings. The molecule has 0 unspecified atom stereocenters. The van der Waals surface area contributed by atoms with Crippen molar-refractivity contribution in [1.82, 2.24) is 0 Å². The molecule has 0 radical (unpaired) electrons. The van der Waals surface area contributed by atoms with Crippen molar-refractivity contribution in [3.05, 3.63) is 11.5 Å². The summed E-state index contributed by atoms with van der Waals surface area (Å²) in [5.74, 6) is -1.14. The zero-order valence-electron chi connectivity index (χ0n) is 6.90. The summed E-state index contributed by atoms with van der Waals surface area (Å²) in [6, 6.07) is -1.03. The van der Waals surface area contributed by atoms with Gasteiger partial charge in [0.1, 0.15) is 6.04 Å². The summed E-state index contributed by atoms with van der Waals surface area (Å²) in [6.45, 7) is 1.91. The molecule has 70 valence electrons. The fraction of sp³-hybridized carbons (Fsp3) is 0.571. The Labute approximate surface area is 73.9 Å². The lowest BCUT2D eigenvalue weighted by atomic mass is 10.4. The maximum absolute atomic E-state index is 11.0. The Kier molecular flexibility index (Phi) is 5.57. The highest BCUT2D eigenvalue weighted by molar-refractivity contribution is 7.88. The minimum atomic E-state index is -1.26. The van der Waals surface area contributed by atoms with Crippen LogP contribution in [-0.2, 0) is 15.6 Å². The first-order valence-electron chi connectivity index (χ1n) is 3.60. The first-order chi connectivity index (χ1) is 5.57. The molecule has 0 heterocycles. The van der Waals surface area contributed by atoms with E-state index < -0.39 is 22.8 Å². The molecule has 2 atom stereocenters. The van der Waals surface area contributed by atoms with E-state index in [0.717, 1.165) is 6.42 Å². The van der Waals surface area contributed by atoms with Crippen LogP contribution < -0.4 is 5.73 Å². The summed E-state index contributed by atoms with van der Waals surface area (Å²) in [6.07, 6.45) is 2.51. The van der Waals surface area contributed by atoms with Crippen molar-refractivity contribution < 1.29 is 14.1 Å². The second-order valence-electron chi connectivity index (χ2n) is 2.27. The van der Waals surface area contributed by atoms with Gasteiger partial charge in [0, 0.05) is 10.8 Å². The van der Waals surface area contributed by atoms with Crippen LogP contribution in [0, 0.1) is 0 Å². The number of aliphatic carboxylic acids is 1. The van der Waals surface area contributed by atoms with E-state index in [1.165, 1.54) is 5.41 Å². The van der Waals surface area contributed by atoms with Crippen LogP contribution in [-0.4, -0.2) is 27.1 Å². The number of carboxylic acids is 1. The van der Waals surface area contributed by atoms with Crippen LogP contribution in [0.4, 0.5) is 0 Å². The molecule has 12 heavy (non-hydrogen) atoms.